The molecule has 1 aliphatic carbocycles. The zero-order chi connectivity index (χ0) is 9.57. The van der Waals surface area contributed by atoms with Crippen LogP contribution in [0.2, 0.25) is 0 Å². The Morgan fingerprint density at radius 3 is 2.33 bits per heavy atom. The van der Waals surface area contributed by atoms with Gasteiger partial charge in [0, 0.05) is 6.42 Å². The number of carbonyl (C=O) groups is 1. The largest absolute Gasteiger partial charge is 0.469 e. The predicted octanol–water partition coefficient (Wildman–Crippen LogP) is 0.532. The van der Waals surface area contributed by atoms with Crippen molar-refractivity contribution in [3.8, 4) is 0 Å². The van der Waals surface area contributed by atoms with Crippen LogP contribution in [-0.2, 0) is 9.53 Å². The molecule has 1 saturated carbocycles. The van der Waals surface area contributed by atoms with Gasteiger partial charge in [-0.2, -0.15) is 0 Å². The van der Waals surface area contributed by atoms with Gasteiger partial charge in [-0.3, -0.25) is 4.79 Å². The van der Waals surface area contributed by atoms with Crippen LogP contribution in [0.1, 0.15) is 13.3 Å². The van der Waals surface area contributed by atoms with Gasteiger partial charge in [0.05, 0.1) is 18.6 Å². The summed E-state index contributed by atoms with van der Waals surface area (Å²) in [6.07, 6.45) is -0.434. The minimum atomic E-state index is -2.92. The van der Waals surface area contributed by atoms with Gasteiger partial charge in [0.25, 0.3) is 5.92 Å². The summed E-state index contributed by atoms with van der Waals surface area (Å²) >= 11 is 0. The molecule has 0 amide bonds. The van der Waals surface area contributed by atoms with Gasteiger partial charge in [-0.25, -0.2) is 8.78 Å². The van der Waals surface area contributed by atoms with Crippen molar-refractivity contribution >= 4 is 5.97 Å². The molecule has 1 aliphatic rings. The molecule has 5 heteroatoms. The fourth-order valence-electron chi connectivity index (χ4n) is 1.18. The average Bonchev–Trinajstić information content (AvgIpc) is 2.50. The van der Waals surface area contributed by atoms with E-state index >= 15 is 0 Å². The van der Waals surface area contributed by atoms with Crippen LogP contribution in [0.5, 0.6) is 0 Å². The van der Waals surface area contributed by atoms with E-state index in [1.807, 2.05) is 0 Å². The van der Waals surface area contributed by atoms with Crippen LogP contribution in [0.3, 0.4) is 0 Å². The van der Waals surface area contributed by atoms with Crippen LogP contribution in [0.4, 0.5) is 8.78 Å². The van der Waals surface area contributed by atoms with Crippen LogP contribution in [0, 0.1) is 5.92 Å². The molecule has 0 heterocycles. The van der Waals surface area contributed by atoms with Crippen molar-refractivity contribution in [2.75, 3.05) is 7.11 Å². The molecule has 0 radical (unpaired) electrons. The molecule has 0 aromatic carbocycles. The standard InChI is InChI=1S/C7H11F2NO2/c1-4(5(11)12-2)6(10)3-7(6,8)9/h4H,3,10H2,1-2H3/t4-,6+/m1/s1. The SMILES string of the molecule is COC(=O)[C@@H](C)[C@@]1(N)CC1(F)F. The summed E-state index contributed by atoms with van der Waals surface area (Å²) in [6, 6.07) is 0. The highest BCUT2D eigenvalue weighted by atomic mass is 19.3. The van der Waals surface area contributed by atoms with Crippen LogP contribution < -0.4 is 5.73 Å². The number of halogens is 2. The summed E-state index contributed by atoms with van der Waals surface area (Å²) in [6.45, 7) is 1.35. The van der Waals surface area contributed by atoms with Gasteiger partial charge in [0.15, 0.2) is 0 Å². The molecule has 2 N–H and O–H groups in total. The Morgan fingerprint density at radius 1 is 1.67 bits per heavy atom. The summed E-state index contributed by atoms with van der Waals surface area (Å²) in [5.41, 5.74) is 3.61. The van der Waals surface area contributed by atoms with E-state index < -0.39 is 29.8 Å². The molecule has 0 spiro atoms. The van der Waals surface area contributed by atoms with E-state index in [9.17, 15) is 13.6 Å². The summed E-state index contributed by atoms with van der Waals surface area (Å²) in [5, 5.41) is 0. The summed E-state index contributed by atoms with van der Waals surface area (Å²) < 4.78 is 29.5. The van der Waals surface area contributed by atoms with E-state index in [4.69, 9.17) is 5.73 Å². The molecule has 0 aromatic rings. The van der Waals surface area contributed by atoms with E-state index in [1.54, 1.807) is 0 Å². The van der Waals surface area contributed by atoms with E-state index in [0.29, 0.717) is 0 Å². The monoisotopic (exact) mass is 179 g/mol. The number of rotatable bonds is 2. The van der Waals surface area contributed by atoms with E-state index in [1.165, 1.54) is 6.92 Å². The first-order chi connectivity index (χ1) is 5.35. The maximum Gasteiger partial charge on any atom is 0.310 e. The molecule has 0 bridgehead atoms. The Morgan fingerprint density at radius 2 is 2.08 bits per heavy atom. The zero-order valence-corrected chi connectivity index (χ0v) is 6.93. The summed E-state index contributed by atoms with van der Waals surface area (Å²) in [7, 11) is 1.16. The third-order valence-electron chi connectivity index (χ3n) is 2.40. The van der Waals surface area contributed by atoms with Gasteiger partial charge in [-0.05, 0) is 6.92 Å². The van der Waals surface area contributed by atoms with Gasteiger partial charge >= 0.3 is 5.97 Å². The minimum Gasteiger partial charge on any atom is -0.469 e. The van der Waals surface area contributed by atoms with Gasteiger partial charge in [0.1, 0.15) is 0 Å². The Bertz CT molecular complexity index is 219. The number of esters is 1. The Labute approximate surface area is 68.9 Å². The van der Waals surface area contributed by atoms with Crippen molar-refractivity contribution in [1.82, 2.24) is 0 Å². The second kappa shape index (κ2) is 2.39. The topological polar surface area (TPSA) is 52.3 Å². The Balaban J connectivity index is 2.67. The molecule has 3 nitrogen and oxygen atoms in total. The van der Waals surface area contributed by atoms with E-state index in [-0.39, 0.29) is 0 Å². The fourth-order valence-corrected chi connectivity index (χ4v) is 1.18. The van der Waals surface area contributed by atoms with Crippen molar-refractivity contribution in [2.24, 2.45) is 11.7 Å². The molecule has 0 saturated heterocycles. The Kier molecular flexibility index (Phi) is 1.87. The zero-order valence-electron chi connectivity index (χ0n) is 6.93. The van der Waals surface area contributed by atoms with Crippen LogP contribution in [0.25, 0.3) is 0 Å². The number of hydrogen-bond donors (Lipinski definition) is 1. The smallest absolute Gasteiger partial charge is 0.310 e. The van der Waals surface area contributed by atoms with E-state index in [2.05, 4.69) is 4.74 Å². The number of carbonyl (C=O) groups excluding carboxylic acids is 1. The molecular weight excluding hydrogens is 168 g/mol. The lowest BCUT2D eigenvalue weighted by atomic mass is 10.0. The number of methoxy groups -OCH3 is 1. The first kappa shape index (κ1) is 9.38. The molecule has 0 aliphatic heterocycles. The highest BCUT2D eigenvalue weighted by Gasteiger charge is 2.72. The van der Waals surface area contributed by atoms with Gasteiger partial charge < -0.3 is 10.5 Å². The maximum absolute atomic E-state index is 12.6. The molecule has 1 fully saturated rings. The van der Waals surface area contributed by atoms with Crippen LogP contribution in [0.15, 0.2) is 0 Å². The van der Waals surface area contributed by atoms with Crippen molar-refractivity contribution in [3.05, 3.63) is 0 Å². The molecular formula is C7H11F2NO2. The van der Waals surface area contributed by atoms with Gasteiger partial charge in [-0.1, -0.05) is 0 Å². The summed E-state index contributed by atoms with van der Waals surface area (Å²) in [4.78, 5) is 10.9. The number of hydrogen-bond acceptors (Lipinski definition) is 3. The van der Waals surface area contributed by atoms with Crippen LogP contribution in [-0.4, -0.2) is 24.5 Å². The average molecular weight is 179 g/mol. The van der Waals surface area contributed by atoms with Gasteiger partial charge in [0.2, 0.25) is 0 Å². The lowest BCUT2D eigenvalue weighted by Crippen LogP contribution is -2.41. The molecule has 0 unspecified atom stereocenters. The third-order valence-corrected chi connectivity index (χ3v) is 2.40. The quantitative estimate of drug-likeness (QED) is 0.629. The second-order valence-corrected chi connectivity index (χ2v) is 3.17. The van der Waals surface area contributed by atoms with Crippen molar-refractivity contribution in [1.29, 1.82) is 0 Å². The number of nitrogens with two attached hydrogens (primary N) is 1. The third kappa shape index (κ3) is 1.08. The highest BCUT2D eigenvalue weighted by molar-refractivity contribution is 5.74. The Hall–Kier alpha value is -0.710. The summed E-state index contributed by atoms with van der Waals surface area (Å²) in [5.74, 6) is -4.55. The maximum atomic E-state index is 12.6. The van der Waals surface area contributed by atoms with Crippen molar-refractivity contribution in [3.63, 3.8) is 0 Å². The second-order valence-electron chi connectivity index (χ2n) is 3.17. The lowest BCUT2D eigenvalue weighted by molar-refractivity contribution is -0.147. The highest BCUT2D eigenvalue weighted by Crippen LogP contribution is 2.55. The molecule has 70 valence electrons. The minimum absolute atomic E-state index is 0.434. The predicted molar refractivity (Wildman–Crippen MR) is 37.7 cm³/mol. The first-order valence-corrected chi connectivity index (χ1v) is 3.59. The normalized spacial score (nSPS) is 34.1. The van der Waals surface area contributed by atoms with E-state index in [0.717, 1.165) is 7.11 Å². The first-order valence-electron chi connectivity index (χ1n) is 3.59. The van der Waals surface area contributed by atoms with Gasteiger partial charge in [-0.15, -0.1) is 0 Å². The fraction of sp³-hybridized carbons (Fsp3) is 0.857. The molecule has 1 rings (SSSR count). The number of alkyl halides is 2. The number of ether oxygens (including phenoxy) is 1. The molecule has 2 atom stereocenters. The lowest BCUT2D eigenvalue weighted by Gasteiger charge is -2.16. The molecule has 0 aromatic heterocycles. The van der Waals surface area contributed by atoms with Crippen molar-refractivity contribution in [2.45, 2.75) is 24.8 Å². The van der Waals surface area contributed by atoms with Crippen LogP contribution >= 0.6 is 0 Å². The molecule has 12 heavy (non-hydrogen) atoms. The van der Waals surface area contributed by atoms with Crippen molar-refractivity contribution < 1.29 is 18.3 Å².